The molecule has 0 unspecified atom stereocenters. The van der Waals surface area contributed by atoms with Gasteiger partial charge >= 0.3 is 6.01 Å². The van der Waals surface area contributed by atoms with E-state index >= 15 is 0 Å². The zero-order valence-electron chi connectivity index (χ0n) is 9.65. The van der Waals surface area contributed by atoms with Crippen LogP contribution in [0.25, 0.3) is 0 Å². The molecule has 1 N–H and O–H groups in total. The van der Waals surface area contributed by atoms with Gasteiger partial charge in [-0.2, -0.15) is 0 Å². The Labute approximate surface area is 104 Å². The molecule has 94 valence electrons. The molecule has 2 heterocycles. The van der Waals surface area contributed by atoms with Crippen molar-refractivity contribution in [3.05, 3.63) is 5.89 Å². The van der Waals surface area contributed by atoms with Gasteiger partial charge in [-0.1, -0.05) is 5.10 Å². The summed E-state index contributed by atoms with van der Waals surface area (Å²) in [6.45, 7) is 1.50. The highest BCUT2D eigenvalue weighted by atomic mass is 35.5. The molecule has 1 aromatic rings. The summed E-state index contributed by atoms with van der Waals surface area (Å²) >= 11 is 5.60. The van der Waals surface area contributed by atoms with E-state index < -0.39 is 0 Å². The standard InChI is InChI=1S/C10H15ClN4O2/c1-12-9(16)7-2-4-15(5-3-7)10-14-13-8(6-11)17-10/h7H,2-6H2,1H3,(H,12,16). The van der Waals surface area contributed by atoms with Crippen molar-refractivity contribution in [2.45, 2.75) is 18.7 Å². The first-order chi connectivity index (χ1) is 8.24. The zero-order valence-corrected chi connectivity index (χ0v) is 10.4. The third-order valence-corrected chi connectivity index (χ3v) is 3.18. The minimum atomic E-state index is 0.0895. The van der Waals surface area contributed by atoms with Gasteiger partial charge in [0.25, 0.3) is 0 Å². The number of hydrogen-bond donors (Lipinski definition) is 1. The predicted molar refractivity (Wildman–Crippen MR) is 62.9 cm³/mol. The number of halogens is 1. The molecule has 0 bridgehead atoms. The first kappa shape index (κ1) is 12.2. The summed E-state index contributed by atoms with van der Waals surface area (Å²) in [6.07, 6.45) is 1.61. The Morgan fingerprint density at radius 2 is 2.24 bits per heavy atom. The van der Waals surface area contributed by atoms with Gasteiger partial charge in [-0.15, -0.1) is 16.7 Å². The molecule has 17 heavy (non-hydrogen) atoms. The lowest BCUT2D eigenvalue weighted by Gasteiger charge is -2.29. The smallest absolute Gasteiger partial charge is 0.318 e. The summed E-state index contributed by atoms with van der Waals surface area (Å²) in [5, 5.41) is 10.4. The number of hydrogen-bond acceptors (Lipinski definition) is 5. The third-order valence-electron chi connectivity index (χ3n) is 2.95. The molecular formula is C10H15ClN4O2. The van der Waals surface area contributed by atoms with Crippen LogP contribution < -0.4 is 10.2 Å². The van der Waals surface area contributed by atoms with Gasteiger partial charge in [0.2, 0.25) is 11.8 Å². The molecule has 1 fully saturated rings. The van der Waals surface area contributed by atoms with Gasteiger partial charge in [-0.25, -0.2) is 0 Å². The molecule has 0 aliphatic carbocycles. The fourth-order valence-electron chi connectivity index (χ4n) is 1.96. The molecule has 2 rings (SSSR count). The summed E-state index contributed by atoms with van der Waals surface area (Å²) in [6, 6.07) is 0.496. The first-order valence-electron chi connectivity index (χ1n) is 5.59. The molecule has 1 aliphatic heterocycles. The van der Waals surface area contributed by atoms with Gasteiger partial charge in [0.05, 0.1) is 0 Å². The molecule has 0 spiro atoms. The van der Waals surface area contributed by atoms with Crippen molar-refractivity contribution in [3.8, 4) is 0 Å². The summed E-state index contributed by atoms with van der Waals surface area (Å²) in [7, 11) is 1.67. The Bertz CT molecular complexity index is 387. The second-order valence-electron chi connectivity index (χ2n) is 3.99. The largest absolute Gasteiger partial charge is 0.407 e. The highest BCUT2D eigenvalue weighted by molar-refractivity contribution is 6.16. The molecule has 7 heteroatoms. The van der Waals surface area contributed by atoms with Crippen molar-refractivity contribution in [1.82, 2.24) is 15.5 Å². The van der Waals surface area contributed by atoms with Crippen molar-refractivity contribution in [2.24, 2.45) is 5.92 Å². The van der Waals surface area contributed by atoms with Gasteiger partial charge in [0.1, 0.15) is 5.88 Å². The monoisotopic (exact) mass is 258 g/mol. The average molecular weight is 259 g/mol. The first-order valence-corrected chi connectivity index (χ1v) is 6.13. The van der Waals surface area contributed by atoms with Crippen LogP contribution in [0.3, 0.4) is 0 Å². The molecule has 1 aliphatic rings. The minimum Gasteiger partial charge on any atom is -0.407 e. The summed E-state index contributed by atoms with van der Waals surface area (Å²) in [5.74, 6) is 0.847. The molecule has 0 atom stereocenters. The highest BCUT2D eigenvalue weighted by Gasteiger charge is 2.26. The van der Waals surface area contributed by atoms with Gasteiger partial charge in [0, 0.05) is 26.1 Å². The van der Waals surface area contributed by atoms with E-state index in [1.807, 2.05) is 4.90 Å². The number of anilines is 1. The maximum atomic E-state index is 11.5. The van der Waals surface area contributed by atoms with Gasteiger partial charge in [-0.05, 0) is 12.8 Å². The van der Waals surface area contributed by atoms with Gasteiger partial charge in [0.15, 0.2) is 0 Å². The number of piperidine rings is 1. The lowest BCUT2D eigenvalue weighted by atomic mass is 9.96. The molecular weight excluding hydrogens is 244 g/mol. The van der Waals surface area contributed by atoms with Crippen LogP contribution in [0.2, 0.25) is 0 Å². The number of alkyl halides is 1. The number of amides is 1. The van der Waals surface area contributed by atoms with E-state index in [9.17, 15) is 4.79 Å². The molecule has 1 amide bonds. The topological polar surface area (TPSA) is 71.3 Å². The van der Waals surface area contributed by atoms with E-state index in [0.29, 0.717) is 11.9 Å². The second kappa shape index (κ2) is 5.35. The van der Waals surface area contributed by atoms with E-state index in [4.69, 9.17) is 16.0 Å². The van der Waals surface area contributed by atoms with Gasteiger partial charge < -0.3 is 14.6 Å². The summed E-state index contributed by atoms with van der Waals surface area (Å²) in [5.41, 5.74) is 0. The second-order valence-corrected chi connectivity index (χ2v) is 4.25. The molecule has 1 aromatic heterocycles. The van der Waals surface area contributed by atoms with E-state index in [1.54, 1.807) is 7.05 Å². The van der Waals surface area contributed by atoms with E-state index in [2.05, 4.69) is 15.5 Å². The van der Waals surface area contributed by atoms with Crippen LogP contribution in [-0.4, -0.2) is 36.2 Å². The SMILES string of the molecule is CNC(=O)C1CCN(c2nnc(CCl)o2)CC1. The average Bonchev–Trinajstić information content (AvgIpc) is 2.87. The molecule has 0 radical (unpaired) electrons. The Balaban J connectivity index is 1.92. The lowest BCUT2D eigenvalue weighted by Crippen LogP contribution is -2.39. The van der Waals surface area contributed by atoms with Crippen molar-refractivity contribution < 1.29 is 9.21 Å². The number of nitrogens with zero attached hydrogens (tertiary/aromatic N) is 3. The Morgan fingerprint density at radius 3 is 2.76 bits per heavy atom. The maximum absolute atomic E-state index is 11.5. The number of rotatable bonds is 3. The van der Waals surface area contributed by atoms with Crippen molar-refractivity contribution in [2.75, 3.05) is 25.0 Å². The van der Waals surface area contributed by atoms with Crippen LogP contribution in [0.4, 0.5) is 6.01 Å². The minimum absolute atomic E-state index is 0.0895. The van der Waals surface area contributed by atoms with Crippen LogP contribution in [0, 0.1) is 5.92 Å². The van der Waals surface area contributed by atoms with Crippen LogP contribution in [0.5, 0.6) is 0 Å². The predicted octanol–water partition coefficient (Wildman–Crippen LogP) is 0.771. The number of carbonyl (C=O) groups is 1. The Morgan fingerprint density at radius 1 is 1.53 bits per heavy atom. The van der Waals surface area contributed by atoms with Crippen molar-refractivity contribution in [1.29, 1.82) is 0 Å². The third kappa shape index (κ3) is 2.69. The van der Waals surface area contributed by atoms with E-state index in [-0.39, 0.29) is 17.7 Å². The molecule has 0 aromatic carbocycles. The fraction of sp³-hybridized carbons (Fsp3) is 0.700. The van der Waals surface area contributed by atoms with E-state index in [0.717, 1.165) is 25.9 Å². The highest BCUT2D eigenvalue weighted by Crippen LogP contribution is 2.22. The quantitative estimate of drug-likeness (QED) is 0.811. The van der Waals surface area contributed by atoms with Crippen molar-refractivity contribution >= 4 is 23.5 Å². The number of nitrogens with one attached hydrogen (secondary N) is 1. The fourth-order valence-corrected chi connectivity index (χ4v) is 2.07. The zero-order chi connectivity index (χ0) is 12.3. The number of carbonyl (C=O) groups excluding carboxylic acids is 1. The normalized spacial score (nSPS) is 17.2. The van der Waals surface area contributed by atoms with Crippen LogP contribution in [0.15, 0.2) is 4.42 Å². The number of aromatic nitrogens is 2. The Kier molecular flexibility index (Phi) is 3.83. The van der Waals surface area contributed by atoms with E-state index in [1.165, 1.54) is 0 Å². The van der Waals surface area contributed by atoms with Crippen LogP contribution in [-0.2, 0) is 10.7 Å². The molecule has 0 saturated carbocycles. The Hall–Kier alpha value is -1.30. The van der Waals surface area contributed by atoms with Gasteiger partial charge in [-0.3, -0.25) is 4.79 Å². The summed E-state index contributed by atoms with van der Waals surface area (Å²) in [4.78, 5) is 13.5. The maximum Gasteiger partial charge on any atom is 0.318 e. The summed E-state index contributed by atoms with van der Waals surface area (Å²) < 4.78 is 5.37. The molecule has 1 saturated heterocycles. The molecule has 6 nitrogen and oxygen atoms in total. The van der Waals surface area contributed by atoms with Crippen LogP contribution in [0.1, 0.15) is 18.7 Å². The van der Waals surface area contributed by atoms with Crippen LogP contribution >= 0.6 is 11.6 Å². The lowest BCUT2D eigenvalue weighted by molar-refractivity contribution is -0.125. The van der Waals surface area contributed by atoms with Crippen molar-refractivity contribution in [3.63, 3.8) is 0 Å².